The normalized spacial score (nSPS) is 19.1. The third kappa shape index (κ3) is 2.96. The lowest BCUT2D eigenvalue weighted by atomic mass is 10.0. The molecular weight excluding hydrogens is 196 g/mol. The van der Waals surface area contributed by atoms with Crippen molar-refractivity contribution in [1.82, 2.24) is 10.3 Å². The lowest BCUT2D eigenvalue weighted by Crippen LogP contribution is -2.20. The number of dihydropyridines is 1. The van der Waals surface area contributed by atoms with Crippen molar-refractivity contribution in [3.05, 3.63) is 53.5 Å². The molecule has 0 spiro atoms. The molecule has 2 nitrogen and oxygen atoms in total. The highest BCUT2D eigenvalue weighted by Gasteiger charge is 2.02. The Morgan fingerprint density at radius 1 is 1.31 bits per heavy atom. The Morgan fingerprint density at radius 3 is 2.88 bits per heavy atom. The van der Waals surface area contributed by atoms with Crippen molar-refractivity contribution in [2.75, 3.05) is 0 Å². The van der Waals surface area contributed by atoms with Crippen molar-refractivity contribution in [1.29, 1.82) is 0 Å². The van der Waals surface area contributed by atoms with Crippen LogP contribution in [-0.4, -0.2) is 11.0 Å². The highest BCUT2D eigenvalue weighted by atomic mass is 14.9. The molecule has 0 aromatic carbocycles. The Kier molecular flexibility index (Phi) is 3.40. The SMILES string of the molecule is Cc1cncc(CCC2=CNC(C)C=C2)c1. The Morgan fingerprint density at radius 2 is 2.19 bits per heavy atom. The van der Waals surface area contributed by atoms with Crippen LogP contribution in [0, 0.1) is 6.92 Å². The van der Waals surface area contributed by atoms with E-state index >= 15 is 0 Å². The van der Waals surface area contributed by atoms with Gasteiger partial charge in [-0.1, -0.05) is 18.2 Å². The van der Waals surface area contributed by atoms with Gasteiger partial charge in [0.2, 0.25) is 0 Å². The van der Waals surface area contributed by atoms with Gasteiger partial charge in [0.25, 0.3) is 0 Å². The average molecular weight is 214 g/mol. The second-order valence-corrected chi connectivity index (χ2v) is 4.40. The molecular formula is C14H18N2. The van der Waals surface area contributed by atoms with Gasteiger partial charge in [0.15, 0.2) is 0 Å². The molecule has 1 aromatic heterocycles. The van der Waals surface area contributed by atoms with Crippen molar-refractivity contribution in [3.63, 3.8) is 0 Å². The van der Waals surface area contributed by atoms with Crippen molar-refractivity contribution >= 4 is 0 Å². The Labute approximate surface area is 97.1 Å². The fourth-order valence-corrected chi connectivity index (χ4v) is 1.81. The Hall–Kier alpha value is -1.57. The quantitative estimate of drug-likeness (QED) is 0.837. The molecule has 0 aliphatic carbocycles. The topological polar surface area (TPSA) is 24.9 Å². The predicted octanol–water partition coefficient (Wildman–Crippen LogP) is 2.75. The molecule has 1 aliphatic heterocycles. The number of aryl methyl sites for hydroxylation is 2. The van der Waals surface area contributed by atoms with E-state index in [9.17, 15) is 0 Å². The number of allylic oxidation sites excluding steroid dienone is 2. The summed E-state index contributed by atoms with van der Waals surface area (Å²) in [6.07, 6.45) is 12.5. The maximum atomic E-state index is 4.21. The molecule has 0 radical (unpaired) electrons. The first kappa shape index (κ1) is 10.9. The summed E-state index contributed by atoms with van der Waals surface area (Å²) < 4.78 is 0. The Bertz CT molecular complexity index is 418. The molecule has 0 fully saturated rings. The zero-order valence-corrected chi connectivity index (χ0v) is 9.90. The van der Waals surface area contributed by atoms with Crippen LogP contribution in [0.15, 0.2) is 42.4 Å². The van der Waals surface area contributed by atoms with Crippen LogP contribution in [0.2, 0.25) is 0 Å². The van der Waals surface area contributed by atoms with Gasteiger partial charge in [-0.25, -0.2) is 0 Å². The highest BCUT2D eigenvalue weighted by molar-refractivity contribution is 5.26. The lowest BCUT2D eigenvalue weighted by molar-refractivity contribution is 0.743. The fourth-order valence-electron chi connectivity index (χ4n) is 1.81. The summed E-state index contributed by atoms with van der Waals surface area (Å²) in [6.45, 7) is 4.23. The maximum absolute atomic E-state index is 4.21. The zero-order valence-electron chi connectivity index (χ0n) is 9.90. The van der Waals surface area contributed by atoms with E-state index in [1.54, 1.807) is 0 Å². The Balaban J connectivity index is 1.91. The van der Waals surface area contributed by atoms with Crippen molar-refractivity contribution in [2.45, 2.75) is 32.7 Å². The number of pyridine rings is 1. The van der Waals surface area contributed by atoms with E-state index in [2.05, 4.69) is 48.6 Å². The van der Waals surface area contributed by atoms with Crippen LogP contribution < -0.4 is 5.32 Å². The minimum Gasteiger partial charge on any atom is -0.385 e. The van der Waals surface area contributed by atoms with Crippen LogP contribution in [0.3, 0.4) is 0 Å². The number of nitrogens with zero attached hydrogens (tertiary/aromatic N) is 1. The monoisotopic (exact) mass is 214 g/mol. The van der Waals surface area contributed by atoms with Gasteiger partial charge in [0.05, 0.1) is 0 Å². The largest absolute Gasteiger partial charge is 0.385 e. The first-order valence-corrected chi connectivity index (χ1v) is 5.78. The summed E-state index contributed by atoms with van der Waals surface area (Å²) in [7, 11) is 0. The molecule has 2 heterocycles. The first-order chi connectivity index (χ1) is 7.74. The van der Waals surface area contributed by atoms with E-state index in [-0.39, 0.29) is 0 Å². The van der Waals surface area contributed by atoms with E-state index in [0.717, 1.165) is 12.8 Å². The fraction of sp³-hybridized carbons (Fsp3) is 0.357. The molecule has 0 saturated carbocycles. The summed E-state index contributed by atoms with van der Waals surface area (Å²) in [6, 6.07) is 2.67. The lowest BCUT2D eigenvalue weighted by Gasteiger charge is -2.14. The van der Waals surface area contributed by atoms with Crippen LogP contribution in [-0.2, 0) is 6.42 Å². The first-order valence-electron chi connectivity index (χ1n) is 5.78. The van der Waals surface area contributed by atoms with Gasteiger partial charge < -0.3 is 5.32 Å². The van der Waals surface area contributed by atoms with E-state index < -0.39 is 0 Å². The standard InChI is InChI=1S/C14H18N2/c1-11-7-14(9-15-8-11)6-5-13-4-3-12(2)16-10-13/h3-4,7-10,12,16H,5-6H2,1-2H3. The molecule has 0 saturated heterocycles. The van der Waals surface area contributed by atoms with Crippen molar-refractivity contribution in [2.24, 2.45) is 0 Å². The van der Waals surface area contributed by atoms with Crippen LogP contribution in [0.4, 0.5) is 0 Å². The summed E-state index contributed by atoms with van der Waals surface area (Å²) >= 11 is 0. The van der Waals surface area contributed by atoms with Gasteiger partial charge in [0, 0.05) is 24.6 Å². The van der Waals surface area contributed by atoms with Gasteiger partial charge in [-0.05, 0) is 43.4 Å². The average Bonchev–Trinajstić information content (AvgIpc) is 2.28. The van der Waals surface area contributed by atoms with Crippen LogP contribution in [0.25, 0.3) is 0 Å². The van der Waals surface area contributed by atoms with Crippen molar-refractivity contribution in [3.8, 4) is 0 Å². The van der Waals surface area contributed by atoms with E-state index in [4.69, 9.17) is 0 Å². The minimum atomic E-state index is 0.462. The third-order valence-electron chi connectivity index (χ3n) is 2.76. The molecule has 1 atom stereocenters. The second kappa shape index (κ2) is 4.97. The van der Waals surface area contributed by atoms with Crippen molar-refractivity contribution < 1.29 is 0 Å². The van der Waals surface area contributed by atoms with Gasteiger partial charge in [0.1, 0.15) is 0 Å². The van der Waals surface area contributed by atoms with E-state index in [1.807, 2.05) is 12.4 Å². The van der Waals surface area contributed by atoms with Gasteiger partial charge >= 0.3 is 0 Å². The molecule has 0 amide bonds. The molecule has 2 heteroatoms. The maximum Gasteiger partial charge on any atom is 0.0413 e. The molecule has 0 bridgehead atoms. The zero-order chi connectivity index (χ0) is 11.4. The number of aromatic nitrogens is 1. The number of nitrogens with one attached hydrogen (secondary N) is 1. The van der Waals surface area contributed by atoms with Gasteiger partial charge in [-0.3, -0.25) is 4.98 Å². The molecule has 1 N–H and O–H groups in total. The summed E-state index contributed by atoms with van der Waals surface area (Å²) in [5, 5.41) is 3.32. The smallest absolute Gasteiger partial charge is 0.0413 e. The molecule has 84 valence electrons. The van der Waals surface area contributed by atoms with Gasteiger partial charge in [-0.15, -0.1) is 0 Å². The van der Waals surface area contributed by atoms with E-state index in [0.29, 0.717) is 6.04 Å². The summed E-state index contributed by atoms with van der Waals surface area (Å²) in [5.74, 6) is 0. The molecule has 1 aliphatic rings. The molecule has 1 aromatic rings. The second-order valence-electron chi connectivity index (χ2n) is 4.40. The summed E-state index contributed by atoms with van der Waals surface area (Å²) in [5.41, 5.74) is 3.91. The predicted molar refractivity (Wildman–Crippen MR) is 67.1 cm³/mol. The third-order valence-corrected chi connectivity index (χ3v) is 2.76. The number of hydrogen-bond donors (Lipinski definition) is 1. The van der Waals surface area contributed by atoms with Crippen LogP contribution in [0.5, 0.6) is 0 Å². The van der Waals surface area contributed by atoms with Gasteiger partial charge in [-0.2, -0.15) is 0 Å². The number of rotatable bonds is 3. The highest BCUT2D eigenvalue weighted by Crippen LogP contribution is 2.13. The molecule has 1 unspecified atom stereocenters. The van der Waals surface area contributed by atoms with Crippen LogP contribution >= 0.6 is 0 Å². The van der Waals surface area contributed by atoms with E-state index in [1.165, 1.54) is 16.7 Å². The summed E-state index contributed by atoms with van der Waals surface area (Å²) in [4.78, 5) is 4.21. The molecule has 2 rings (SSSR count). The number of hydrogen-bond acceptors (Lipinski definition) is 2. The molecule has 16 heavy (non-hydrogen) atoms. The van der Waals surface area contributed by atoms with Crippen LogP contribution in [0.1, 0.15) is 24.5 Å². The minimum absolute atomic E-state index is 0.462.